The molecule has 2 aromatic rings. The molecule has 0 saturated carbocycles. The fourth-order valence-electron chi connectivity index (χ4n) is 2.77. The molecule has 0 bridgehead atoms. The van der Waals surface area contributed by atoms with Gasteiger partial charge in [0.15, 0.2) is 0 Å². The summed E-state index contributed by atoms with van der Waals surface area (Å²) in [5.41, 5.74) is 0.909. The number of thiophene rings is 1. The SMILES string of the molecule is CN(CC(=O)Nc1ccc(C#N)cc1)S(=O)(=O)c1ccc(C(=O)N2CCOCC2)s1. The Hall–Kier alpha value is -2.78. The summed E-state index contributed by atoms with van der Waals surface area (Å²) in [5, 5.41) is 11.4. The van der Waals surface area contributed by atoms with E-state index in [2.05, 4.69) is 5.32 Å². The molecule has 0 aliphatic carbocycles. The number of benzene rings is 1. The summed E-state index contributed by atoms with van der Waals surface area (Å²) in [6.45, 7) is 1.45. The fourth-order valence-corrected chi connectivity index (χ4v) is 5.38. The number of anilines is 1. The van der Waals surface area contributed by atoms with E-state index < -0.39 is 22.5 Å². The maximum atomic E-state index is 12.8. The molecule has 11 heteroatoms. The van der Waals surface area contributed by atoms with Crippen molar-refractivity contribution in [1.82, 2.24) is 9.21 Å². The van der Waals surface area contributed by atoms with E-state index in [1.54, 1.807) is 29.2 Å². The quantitative estimate of drug-likeness (QED) is 0.712. The zero-order valence-electron chi connectivity index (χ0n) is 16.2. The molecule has 30 heavy (non-hydrogen) atoms. The average molecular weight is 449 g/mol. The Kier molecular flexibility index (Phi) is 6.84. The van der Waals surface area contributed by atoms with Crippen LogP contribution in [0.15, 0.2) is 40.6 Å². The van der Waals surface area contributed by atoms with Crippen LogP contribution in [0.25, 0.3) is 0 Å². The number of likely N-dealkylation sites (N-methyl/N-ethyl adjacent to an activating group) is 1. The maximum Gasteiger partial charge on any atom is 0.264 e. The van der Waals surface area contributed by atoms with E-state index in [0.29, 0.717) is 42.4 Å². The molecule has 0 unspecified atom stereocenters. The molecule has 3 rings (SSSR count). The molecular formula is C19H20N4O5S2. The van der Waals surface area contributed by atoms with Gasteiger partial charge < -0.3 is 15.0 Å². The number of nitrogens with one attached hydrogen (secondary N) is 1. The molecular weight excluding hydrogens is 428 g/mol. The zero-order valence-corrected chi connectivity index (χ0v) is 17.8. The van der Waals surface area contributed by atoms with E-state index >= 15 is 0 Å². The van der Waals surface area contributed by atoms with Crippen LogP contribution in [-0.2, 0) is 19.6 Å². The standard InChI is InChI=1S/C19H20N4O5S2/c1-22(13-17(24)21-15-4-2-14(12-20)3-5-15)30(26,27)18-7-6-16(29-18)19(25)23-8-10-28-11-9-23/h2-7H,8-11,13H2,1H3,(H,21,24). The van der Waals surface area contributed by atoms with Gasteiger partial charge in [-0.3, -0.25) is 9.59 Å². The summed E-state index contributed by atoms with van der Waals surface area (Å²) in [7, 11) is -2.63. The maximum absolute atomic E-state index is 12.8. The van der Waals surface area contributed by atoms with Gasteiger partial charge in [-0.2, -0.15) is 9.57 Å². The van der Waals surface area contributed by atoms with E-state index in [9.17, 15) is 18.0 Å². The molecule has 1 fully saturated rings. The highest BCUT2D eigenvalue weighted by atomic mass is 32.2. The van der Waals surface area contributed by atoms with Crippen molar-refractivity contribution in [2.75, 3.05) is 45.2 Å². The molecule has 2 amide bonds. The van der Waals surface area contributed by atoms with Crippen molar-refractivity contribution in [3.05, 3.63) is 46.8 Å². The van der Waals surface area contributed by atoms with E-state index in [1.165, 1.54) is 19.2 Å². The Morgan fingerprint density at radius 3 is 2.50 bits per heavy atom. The lowest BCUT2D eigenvalue weighted by atomic mass is 10.2. The van der Waals surface area contributed by atoms with Crippen LogP contribution in [0.2, 0.25) is 0 Å². The summed E-state index contributed by atoms with van der Waals surface area (Å²) in [5.74, 6) is -0.752. The number of carbonyl (C=O) groups is 2. The van der Waals surface area contributed by atoms with Gasteiger partial charge in [0.25, 0.3) is 15.9 Å². The number of hydrogen-bond acceptors (Lipinski definition) is 7. The number of nitriles is 1. The number of hydrogen-bond donors (Lipinski definition) is 1. The topological polar surface area (TPSA) is 120 Å². The van der Waals surface area contributed by atoms with Crippen molar-refractivity contribution < 1.29 is 22.7 Å². The third-order valence-corrected chi connectivity index (χ3v) is 7.76. The van der Waals surface area contributed by atoms with E-state index in [0.717, 1.165) is 15.6 Å². The summed E-state index contributed by atoms with van der Waals surface area (Å²) in [6, 6.07) is 11.1. The highest BCUT2D eigenvalue weighted by molar-refractivity contribution is 7.91. The lowest BCUT2D eigenvalue weighted by Gasteiger charge is -2.26. The molecule has 1 aliphatic rings. The van der Waals surface area contributed by atoms with Crippen molar-refractivity contribution in [3.8, 4) is 6.07 Å². The number of rotatable bonds is 6. The molecule has 1 N–H and O–H groups in total. The van der Waals surface area contributed by atoms with Crippen LogP contribution in [-0.4, -0.2) is 69.3 Å². The lowest BCUT2D eigenvalue weighted by Crippen LogP contribution is -2.40. The minimum Gasteiger partial charge on any atom is -0.378 e. The molecule has 0 atom stereocenters. The van der Waals surface area contributed by atoms with Gasteiger partial charge in [-0.15, -0.1) is 11.3 Å². The molecule has 0 radical (unpaired) electrons. The van der Waals surface area contributed by atoms with Gasteiger partial charge in [-0.1, -0.05) is 0 Å². The van der Waals surface area contributed by atoms with Crippen molar-refractivity contribution in [3.63, 3.8) is 0 Å². The molecule has 158 valence electrons. The molecule has 1 saturated heterocycles. The first-order valence-corrected chi connectivity index (χ1v) is 11.3. The molecule has 9 nitrogen and oxygen atoms in total. The lowest BCUT2D eigenvalue weighted by molar-refractivity contribution is -0.116. The van der Waals surface area contributed by atoms with Gasteiger partial charge in [-0.05, 0) is 36.4 Å². The predicted octanol–water partition coefficient (Wildman–Crippen LogP) is 1.35. The van der Waals surface area contributed by atoms with Gasteiger partial charge in [0.1, 0.15) is 4.21 Å². The minimum atomic E-state index is -3.93. The molecule has 1 aromatic carbocycles. The highest BCUT2D eigenvalue weighted by Crippen LogP contribution is 2.25. The summed E-state index contributed by atoms with van der Waals surface area (Å²) < 4.78 is 31.7. The molecule has 2 heterocycles. The van der Waals surface area contributed by atoms with Crippen molar-refractivity contribution >= 4 is 38.9 Å². The third-order valence-electron chi connectivity index (χ3n) is 4.42. The Balaban J connectivity index is 1.64. The van der Waals surface area contributed by atoms with Crippen LogP contribution >= 0.6 is 11.3 Å². The fraction of sp³-hybridized carbons (Fsp3) is 0.316. The van der Waals surface area contributed by atoms with Crippen LogP contribution < -0.4 is 5.32 Å². The smallest absolute Gasteiger partial charge is 0.264 e. The Bertz CT molecular complexity index is 1070. The second-order valence-corrected chi connectivity index (χ2v) is 9.88. The van der Waals surface area contributed by atoms with Gasteiger partial charge in [0.05, 0.1) is 36.3 Å². The van der Waals surface area contributed by atoms with Gasteiger partial charge >= 0.3 is 0 Å². The second kappa shape index (κ2) is 9.36. The highest BCUT2D eigenvalue weighted by Gasteiger charge is 2.27. The number of sulfonamides is 1. The summed E-state index contributed by atoms with van der Waals surface area (Å²) in [4.78, 5) is 26.7. The predicted molar refractivity (Wildman–Crippen MR) is 111 cm³/mol. The average Bonchev–Trinajstić information content (AvgIpc) is 3.25. The van der Waals surface area contributed by atoms with Crippen molar-refractivity contribution in [2.24, 2.45) is 0 Å². The largest absolute Gasteiger partial charge is 0.378 e. The monoisotopic (exact) mass is 448 g/mol. The van der Waals surface area contributed by atoms with E-state index in [4.69, 9.17) is 10.00 Å². The Morgan fingerprint density at radius 1 is 1.20 bits per heavy atom. The van der Waals surface area contributed by atoms with E-state index in [-0.39, 0.29) is 10.1 Å². The summed E-state index contributed by atoms with van der Waals surface area (Å²) >= 11 is 0.881. The van der Waals surface area contributed by atoms with Crippen LogP contribution in [0, 0.1) is 11.3 Å². The summed E-state index contributed by atoms with van der Waals surface area (Å²) in [6.07, 6.45) is 0. The van der Waals surface area contributed by atoms with Gasteiger partial charge in [0.2, 0.25) is 5.91 Å². The molecule has 0 spiro atoms. The number of ether oxygens (including phenoxy) is 1. The first kappa shape index (κ1) is 21.9. The zero-order chi connectivity index (χ0) is 21.7. The first-order valence-electron chi connectivity index (χ1n) is 9.04. The van der Waals surface area contributed by atoms with E-state index in [1.807, 2.05) is 6.07 Å². The number of morpholine rings is 1. The number of carbonyl (C=O) groups excluding carboxylic acids is 2. The Morgan fingerprint density at radius 2 is 1.87 bits per heavy atom. The second-order valence-electron chi connectivity index (χ2n) is 6.52. The molecule has 1 aliphatic heterocycles. The molecule has 1 aromatic heterocycles. The first-order chi connectivity index (χ1) is 14.3. The van der Waals surface area contributed by atoms with Gasteiger partial charge in [-0.25, -0.2) is 8.42 Å². The van der Waals surface area contributed by atoms with Crippen molar-refractivity contribution in [2.45, 2.75) is 4.21 Å². The normalized spacial score (nSPS) is 14.4. The van der Waals surface area contributed by atoms with Crippen molar-refractivity contribution in [1.29, 1.82) is 5.26 Å². The van der Waals surface area contributed by atoms with Crippen LogP contribution in [0.1, 0.15) is 15.2 Å². The Labute approximate surface area is 178 Å². The van der Waals surface area contributed by atoms with Crippen LogP contribution in [0.3, 0.4) is 0 Å². The van der Waals surface area contributed by atoms with Gasteiger partial charge in [0, 0.05) is 25.8 Å². The minimum absolute atomic E-state index is 0.00668. The number of nitrogens with zero attached hydrogens (tertiary/aromatic N) is 3. The van der Waals surface area contributed by atoms with Crippen LogP contribution in [0.5, 0.6) is 0 Å². The number of amides is 2. The van der Waals surface area contributed by atoms with Crippen LogP contribution in [0.4, 0.5) is 5.69 Å². The third kappa shape index (κ3) is 5.03.